The van der Waals surface area contributed by atoms with Crippen molar-refractivity contribution in [1.29, 1.82) is 0 Å². The highest BCUT2D eigenvalue weighted by Gasteiger charge is 2.27. The van der Waals surface area contributed by atoms with Crippen LogP contribution in [0.5, 0.6) is 0 Å². The number of aliphatic hydroxyl groups excluding tert-OH is 1. The first-order valence-corrected chi connectivity index (χ1v) is 5.36. The maximum absolute atomic E-state index is 12.8. The SMILES string of the molecule is O=c1[nH]c(NCC(F)(F)CO)cc2ccccc12. The summed E-state index contributed by atoms with van der Waals surface area (Å²) in [5.41, 5.74) is -0.345. The third-order valence-corrected chi connectivity index (χ3v) is 2.52. The Labute approximate surface area is 101 Å². The molecule has 0 saturated carbocycles. The number of aromatic amines is 1. The van der Waals surface area contributed by atoms with Crippen LogP contribution in [0.2, 0.25) is 0 Å². The molecule has 6 heteroatoms. The van der Waals surface area contributed by atoms with E-state index in [2.05, 4.69) is 10.3 Å². The van der Waals surface area contributed by atoms with Crippen molar-refractivity contribution in [2.45, 2.75) is 5.92 Å². The summed E-state index contributed by atoms with van der Waals surface area (Å²) in [7, 11) is 0. The quantitative estimate of drug-likeness (QED) is 0.776. The highest BCUT2D eigenvalue weighted by atomic mass is 19.3. The van der Waals surface area contributed by atoms with Crippen LogP contribution in [0.25, 0.3) is 10.8 Å². The van der Waals surface area contributed by atoms with E-state index in [-0.39, 0.29) is 11.4 Å². The Hall–Kier alpha value is -1.95. The topological polar surface area (TPSA) is 65.1 Å². The number of rotatable bonds is 4. The molecule has 0 spiro atoms. The minimum Gasteiger partial charge on any atom is -0.390 e. The zero-order valence-electron chi connectivity index (χ0n) is 9.41. The van der Waals surface area contributed by atoms with Crippen LogP contribution < -0.4 is 10.9 Å². The molecule has 4 nitrogen and oxygen atoms in total. The van der Waals surface area contributed by atoms with Crippen molar-refractivity contribution in [3.63, 3.8) is 0 Å². The van der Waals surface area contributed by atoms with E-state index in [4.69, 9.17) is 5.11 Å². The minimum atomic E-state index is -3.22. The average molecular weight is 254 g/mol. The number of hydrogen-bond donors (Lipinski definition) is 3. The van der Waals surface area contributed by atoms with E-state index < -0.39 is 19.1 Å². The first kappa shape index (κ1) is 12.5. The molecule has 0 saturated heterocycles. The Balaban J connectivity index is 2.28. The van der Waals surface area contributed by atoms with Crippen LogP contribution in [0.15, 0.2) is 35.1 Å². The van der Waals surface area contributed by atoms with E-state index >= 15 is 0 Å². The molecule has 1 aromatic carbocycles. The van der Waals surface area contributed by atoms with Gasteiger partial charge in [0.2, 0.25) is 0 Å². The van der Waals surface area contributed by atoms with Crippen molar-refractivity contribution in [3.8, 4) is 0 Å². The molecule has 0 atom stereocenters. The lowest BCUT2D eigenvalue weighted by atomic mass is 10.2. The number of hydrogen-bond acceptors (Lipinski definition) is 3. The molecular weight excluding hydrogens is 242 g/mol. The summed E-state index contributed by atoms with van der Waals surface area (Å²) >= 11 is 0. The average Bonchev–Trinajstić information content (AvgIpc) is 2.37. The Morgan fingerprint density at radius 2 is 2.06 bits per heavy atom. The monoisotopic (exact) mass is 254 g/mol. The predicted octanol–water partition coefficient (Wildman–Crippen LogP) is 1.57. The maximum atomic E-state index is 12.8. The second-order valence-electron chi connectivity index (χ2n) is 3.97. The number of halogens is 2. The largest absolute Gasteiger partial charge is 0.390 e. The number of alkyl halides is 2. The fourth-order valence-electron chi connectivity index (χ4n) is 1.59. The molecule has 0 amide bonds. The summed E-state index contributed by atoms with van der Waals surface area (Å²) in [6.07, 6.45) is 0. The van der Waals surface area contributed by atoms with Crippen LogP contribution in [0, 0.1) is 0 Å². The normalized spacial score (nSPS) is 11.7. The fraction of sp³-hybridized carbons (Fsp3) is 0.250. The Morgan fingerprint density at radius 3 is 2.78 bits per heavy atom. The first-order valence-electron chi connectivity index (χ1n) is 5.36. The van der Waals surface area contributed by atoms with E-state index in [0.717, 1.165) is 0 Å². The van der Waals surface area contributed by atoms with Gasteiger partial charge in [0.05, 0.1) is 6.54 Å². The number of pyridine rings is 1. The third kappa shape index (κ3) is 2.65. The lowest BCUT2D eigenvalue weighted by Gasteiger charge is -2.14. The first-order chi connectivity index (χ1) is 8.52. The van der Waals surface area contributed by atoms with Gasteiger partial charge < -0.3 is 15.4 Å². The number of aliphatic hydroxyl groups is 1. The molecule has 0 aliphatic heterocycles. The molecule has 2 aromatic rings. The van der Waals surface area contributed by atoms with E-state index in [9.17, 15) is 13.6 Å². The van der Waals surface area contributed by atoms with Crippen molar-refractivity contribution in [2.24, 2.45) is 0 Å². The minimum absolute atomic E-state index is 0.201. The zero-order chi connectivity index (χ0) is 13.2. The van der Waals surface area contributed by atoms with Crippen molar-refractivity contribution >= 4 is 16.6 Å². The summed E-state index contributed by atoms with van der Waals surface area (Å²) in [6.45, 7) is -1.98. The molecule has 18 heavy (non-hydrogen) atoms. The molecule has 0 aliphatic rings. The molecule has 1 heterocycles. The lowest BCUT2D eigenvalue weighted by Crippen LogP contribution is -2.31. The van der Waals surface area contributed by atoms with Crippen LogP contribution in [0.4, 0.5) is 14.6 Å². The molecular formula is C12H12F2N2O2. The van der Waals surface area contributed by atoms with Gasteiger partial charge in [0.15, 0.2) is 0 Å². The highest BCUT2D eigenvalue weighted by molar-refractivity contribution is 5.83. The van der Waals surface area contributed by atoms with E-state index in [0.29, 0.717) is 10.8 Å². The van der Waals surface area contributed by atoms with Gasteiger partial charge in [0.25, 0.3) is 11.5 Å². The molecule has 0 unspecified atom stereocenters. The van der Waals surface area contributed by atoms with Gasteiger partial charge in [-0.3, -0.25) is 4.79 Å². The Morgan fingerprint density at radius 1 is 1.33 bits per heavy atom. The fourth-order valence-corrected chi connectivity index (χ4v) is 1.59. The summed E-state index contributed by atoms with van der Waals surface area (Å²) in [6, 6.07) is 8.43. The molecule has 0 aliphatic carbocycles. The van der Waals surface area contributed by atoms with Crippen LogP contribution in [0.3, 0.4) is 0 Å². The van der Waals surface area contributed by atoms with Crippen LogP contribution >= 0.6 is 0 Å². The Kier molecular flexibility index (Phi) is 3.29. The van der Waals surface area contributed by atoms with Gasteiger partial charge in [-0.2, -0.15) is 0 Å². The summed E-state index contributed by atoms with van der Waals surface area (Å²) in [4.78, 5) is 14.1. The second kappa shape index (κ2) is 4.73. The number of benzene rings is 1. The third-order valence-electron chi connectivity index (χ3n) is 2.52. The van der Waals surface area contributed by atoms with Gasteiger partial charge in [-0.05, 0) is 17.5 Å². The number of H-pyrrole nitrogens is 1. The van der Waals surface area contributed by atoms with Crippen LogP contribution in [-0.2, 0) is 0 Å². The molecule has 0 fully saturated rings. The summed E-state index contributed by atoms with van der Waals surface area (Å²) in [5.74, 6) is -3.02. The van der Waals surface area contributed by atoms with Crippen molar-refractivity contribution < 1.29 is 13.9 Å². The van der Waals surface area contributed by atoms with Gasteiger partial charge >= 0.3 is 0 Å². The smallest absolute Gasteiger partial charge is 0.287 e. The number of fused-ring (bicyclic) bond motifs is 1. The number of aromatic nitrogens is 1. The molecule has 96 valence electrons. The van der Waals surface area contributed by atoms with Crippen LogP contribution in [-0.4, -0.2) is 29.2 Å². The van der Waals surface area contributed by atoms with Gasteiger partial charge in [-0.1, -0.05) is 18.2 Å². The van der Waals surface area contributed by atoms with E-state index in [1.807, 2.05) is 0 Å². The zero-order valence-corrected chi connectivity index (χ0v) is 9.41. The molecule has 0 bridgehead atoms. The Bertz CT molecular complexity index is 610. The number of anilines is 1. The van der Waals surface area contributed by atoms with E-state index in [1.54, 1.807) is 30.3 Å². The van der Waals surface area contributed by atoms with Crippen molar-refractivity contribution in [2.75, 3.05) is 18.5 Å². The van der Waals surface area contributed by atoms with Gasteiger partial charge in [0, 0.05) is 5.39 Å². The van der Waals surface area contributed by atoms with Gasteiger partial charge in [-0.15, -0.1) is 0 Å². The summed E-state index contributed by atoms with van der Waals surface area (Å²) < 4.78 is 25.7. The molecule has 2 rings (SSSR count). The number of nitrogens with one attached hydrogen (secondary N) is 2. The predicted molar refractivity (Wildman–Crippen MR) is 65.1 cm³/mol. The summed E-state index contributed by atoms with van der Waals surface area (Å²) in [5, 5.41) is 12.0. The highest BCUT2D eigenvalue weighted by Crippen LogP contribution is 2.16. The van der Waals surface area contributed by atoms with E-state index in [1.165, 1.54) is 0 Å². The molecule has 1 aromatic heterocycles. The maximum Gasteiger partial charge on any atom is 0.287 e. The van der Waals surface area contributed by atoms with Crippen LogP contribution in [0.1, 0.15) is 0 Å². The molecule has 0 radical (unpaired) electrons. The standard InChI is InChI=1S/C12H12F2N2O2/c13-12(14,7-17)6-15-10-5-8-3-1-2-4-9(8)11(18)16-10/h1-5,17H,6-7H2,(H2,15,16,18). The van der Waals surface area contributed by atoms with Crippen molar-refractivity contribution in [3.05, 3.63) is 40.7 Å². The molecule has 3 N–H and O–H groups in total. The second-order valence-corrected chi connectivity index (χ2v) is 3.97. The van der Waals surface area contributed by atoms with Crippen molar-refractivity contribution in [1.82, 2.24) is 4.98 Å². The van der Waals surface area contributed by atoms with Gasteiger partial charge in [-0.25, -0.2) is 8.78 Å². The lowest BCUT2D eigenvalue weighted by molar-refractivity contribution is -0.0373. The van der Waals surface area contributed by atoms with Gasteiger partial charge in [0.1, 0.15) is 12.4 Å².